The van der Waals surface area contributed by atoms with Gasteiger partial charge in [-0.2, -0.15) is 12.6 Å². The van der Waals surface area contributed by atoms with E-state index in [0.717, 1.165) is 51.2 Å². The molecule has 8 heteroatoms. The Bertz CT molecular complexity index is 1090. The van der Waals surface area contributed by atoms with Crippen LogP contribution in [0.3, 0.4) is 0 Å². The van der Waals surface area contributed by atoms with Crippen molar-refractivity contribution in [3.63, 3.8) is 0 Å². The Kier molecular flexibility index (Phi) is 8.29. The predicted octanol–water partition coefficient (Wildman–Crippen LogP) is 3.45. The first-order valence-electron chi connectivity index (χ1n) is 13.5. The van der Waals surface area contributed by atoms with E-state index in [1.165, 1.54) is 11.1 Å². The van der Waals surface area contributed by atoms with Crippen molar-refractivity contribution in [1.29, 1.82) is 0 Å². The van der Waals surface area contributed by atoms with E-state index < -0.39 is 6.10 Å². The number of ether oxygens (including phenoxy) is 2. The predicted molar refractivity (Wildman–Crippen MR) is 148 cm³/mol. The zero-order valence-electron chi connectivity index (χ0n) is 21.9. The minimum atomic E-state index is -0.628. The van der Waals surface area contributed by atoms with Gasteiger partial charge in [-0.15, -0.1) is 0 Å². The van der Waals surface area contributed by atoms with Gasteiger partial charge in [0.2, 0.25) is 0 Å². The van der Waals surface area contributed by atoms with E-state index in [9.17, 15) is 9.90 Å². The number of aliphatic hydroxyl groups is 1. The van der Waals surface area contributed by atoms with E-state index in [1.54, 1.807) is 11.0 Å². The van der Waals surface area contributed by atoms with Crippen LogP contribution < -0.4 is 9.47 Å². The van der Waals surface area contributed by atoms with Gasteiger partial charge in [0.15, 0.2) is 0 Å². The summed E-state index contributed by atoms with van der Waals surface area (Å²) in [6.45, 7) is 9.00. The average Bonchev–Trinajstić information content (AvgIpc) is 2.99. The molecule has 1 fully saturated rings. The SMILES string of the molecule is CC(S)N1CCC(Oc2ccc3c(c2)O[C@@H](C)CN(C[C@H](O)CN2CCc4ccccc4C2)C3=O)CC1. The Hall–Kier alpha value is -2.26. The maximum Gasteiger partial charge on any atom is 0.257 e. The first-order valence-corrected chi connectivity index (χ1v) is 14.0. The molecule has 1 unspecified atom stereocenters. The normalized spacial score (nSPS) is 23.0. The molecule has 5 rings (SSSR count). The summed E-state index contributed by atoms with van der Waals surface area (Å²) in [5, 5.41) is 11.2. The molecule has 2 aromatic rings. The number of hydrogen-bond acceptors (Lipinski definition) is 7. The van der Waals surface area contributed by atoms with Crippen molar-refractivity contribution in [2.24, 2.45) is 0 Å². The number of nitrogens with zero attached hydrogens (tertiary/aromatic N) is 3. The van der Waals surface area contributed by atoms with Crippen molar-refractivity contribution in [2.75, 3.05) is 39.3 Å². The Morgan fingerprint density at radius 1 is 1.11 bits per heavy atom. The summed E-state index contributed by atoms with van der Waals surface area (Å²) in [7, 11) is 0. The lowest BCUT2D eigenvalue weighted by atomic mass is 10.00. The zero-order valence-corrected chi connectivity index (χ0v) is 22.8. The van der Waals surface area contributed by atoms with Gasteiger partial charge in [0, 0.05) is 50.7 Å². The molecule has 0 spiro atoms. The number of carbonyl (C=O) groups excluding carboxylic acids is 1. The van der Waals surface area contributed by atoms with E-state index in [0.29, 0.717) is 24.4 Å². The quantitative estimate of drug-likeness (QED) is 0.540. The summed E-state index contributed by atoms with van der Waals surface area (Å²) < 4.78 is 12.4. The molecule has 200 valence electrons. The number of thiol groups is 1. The largest absolute Gasteiger partial charge is 0.490 e. The monoisotopic (exact) mass is 525 g/mol. The second-order valence-corrected chi connectivity index (χ2v) is 11.4. The van der Waals surface area contributed by atoms with Gasteiger partial charge in [0.25, 0.3) is 5.91 Å². The number of β-amino-alcohol motifs (C(OH)–C–C–N with tert-alkyl or cyclic N) is 1. The van der Waals surface area contributed by atoms with E-state index in [1.807, 2.05) is 19.1 Å². The van der Waals surface area contributed by atoms with Crippen LogP contribution in [0, 0.1) is 0 Å². The maximum absolute atomic E-state index is 13.4. The maximum atomic E-state index is 13.4. The van der Waals surface area contributed by atoms with Crippen molar-refractivity contribution in [3.8, 4) is 11.5 Å². The minimum absolute atomic E-state index is 0.106. The lowest BCUT2D eigenvalue weighted by Gasteiger charge is -2.34. The molecule has 0 bridgehead atoms. The van der Waals surface area contributed by atoms with E-state index >= 15 is 0 Å². The van der Waals surface area contributed by atoms with Crippen LogP contribution in [0.25, 0.3) is 0 Å². The second kappa shape index (κ2) is 11.6. The summed E-state index contributed by atoms with van der Waals surface area (Å²) in [5.41, 5.74) is 3.23. The lowest BCUT2D eigenvalue weighted by Crippen LogP contribution is -2.45. The highest BCUT2D eigenvalue weighted by molar-refractivity contribution is 7.80. The Labute approximate surface area is 225 Å². The number of aliphatic hydroxyl groups excluding tert-OH is 1. The smallest absolute Gasteiger partial charge is 0.257 e. The molecule has 3 atom stereocenters. The fourth-order valence-electron chi connectivity index (χ4n) is 5.71. The van der Waals surface area contributed by atoms with Crippen LogP contribution in [0.2, 0.25) is 0 Å². The molecule has 1 amide bonds. The van der Waals surface area contributed by atoms with Crippen LogP contribution in [0.1, 0.15) is 48.2 Å². The molecular formula is C29H39N3O4S. The number of rotatable bonds is 7. The number of hydrogen-bond donors (Lipinski definition) is 2. The van der Waals surface area contributed by atoms with Gasteiger partial charge in [-0.1, -0.05) is 24.3 Å². The fourth-order valence-corrected chi connectivity index (χ4v) is 5.94. The minimum Gasteiger partial charge on any atom is -0.490 e. The van der Waals surface area contributed by atoms with Crippen molar-refractivity contribution in [1.82, 2.24) is 14.7 Å². The molecule has 3 heterocycles. The van der Waals surface area contributed by atoms with Gasteiger partial charge in [0.1, 0.15) is 23.7 Å². The van der Waals surface area contributed by atoms with Gasteiger partial charge in [0.05, 0.1) is 18.2 Å². The molecule has 37 heavy (non-hydrogen) atoms. The third-order valence-corrected chi connectivity index (χ3v) is 8.02. The zero-order chi connectivity index (χ0) is 25.9. The molecule has 3 aliphatic rings. The Morgan fingerprint density at radius 2 is 1.86 bits per heavy atom. The highest BCUT2D eigenvalue weighted by atomic mass is 32.1. The van der Waals surface area contributed by atoms with Crippen molar-refractivity contribution >= 4 is 18.5 Å². The topological polar surface area (TPSA) is 65.5 Å². The first kappa shape index (κ1) is 26.4. The molecule has 2 aromatic carbocycles. The van der Waals surface area contributed by atoms with Crippen LogP contribution >= 0.6 is 12.6 Å². The third kappa shape index (κ3) is 6.42. The summed E-state index contributed by atoms with van der Waals surface area (Å²) in [4.78, 5) is 19.8. The van der Waals surface area contributed by atoms with E-state index in [4.69, 9.17) is 9.47 Å². The van der Waals surface area contributed by atoms with Gasteiger partial charge in [-0.25, -0.2) is 0 Å². The van der Waals surface area contributed by atoms with Crippen molar-refractivity contribution in [3.05, 3.63) is 59.2 Å². The van der Waals surface area contributed by atoms with Gasteiger partial charge < -0.3 is 19.5 Å². The standard InChI is InChI=1S/C29H39N3O4S/c1-20-16-32(19-24(33)18-30-12-9-22-5-3-4-6-23(22)17-30)29(34)27-8-7-26(15-28(27)35-20)36-25-10-13-31(14-11-25)21(2)37/h3-8,15,20-21,24-25,33,37H,9-14,16-19H2,1-2H3/t20-,21?,24+/m0/s1. The number of amides is 1. The van der Waals surface area contributed by atoms with Crippen LogP contribution in [-0.2, 0) is 13.0 Å². The first-order chi connectivity index (χ1) is 17.9. The highest BCUT2D eigenvalue weighted by Crippen LogP contribution is 2.31. The summed E-state index contributed by atoms with van der Waals surface area (Å²) >= 11 is 4.54. The van der Waals surface area contributed by atoms with Crippen LogP contribution in [0.5, 0.6) is 11.5 Å². The number of fused-ring (bicyclic) bond motifs is 2. The van der Waals surface area contributed by atoms with Gasteiger partial charge >= 0.3 is 0 Å². The number of likely N-dealkylation sites (tertiary alicyclic amines) is 1. The molecule has 0 aromatic heterocycles. The van der Waals surface area contributed by atoms with E-state index in [2.05, 4.69) is 53.6 Å². The molecule has 7 nitrogen and oxygen atoms in total. The van der Waals surface area contributed by atoms with Crippen LogP contribution in [-0.4, -0.2) is 88.7 Å². The molecule has 0 aliphatic carbocycles. The number of benzene rings is 2. The van der Waals surface area contributed by atoms with Crippen molar-refractivity contribution in [2.45, 2.75) is 63.3 Å². The average molecular weight is 526 g/mol. The molecular weight excluding hydrogens is 486 g/mol. The Morgan fingerprint density at radius 3 is 2.62 bits per heavy atom. The van der Waals surface area contributed by atoms with Crippen LogP contribution in [0.4, 0.5) is 0 Å². The van der Waals surface area contributed by atoms with Crippen molar-refractivity contribution < 1.29 is 19.4 Å². The summed E-state index contributed by atoms with van der Waals surface area (Å²) in [6, 6.07) is 14.0. The van der Waals surface area contributed by atoms with E-state index in [-0.39, 0.29) is 30.0 Å². The number of piperidine rings is 1. The summed E-state index contributed by atoms with van der Waals surface area (Å²) in [5.74, 6) is 1.18. The highest BCUT2D eigenvalue weighted by Gasteiger charge is 2.30. The third-order valence-electron chi connectivity index (χ3n) is 7.69. The fraction of sp³-hybridized carbons (Fsp3) is 0.552. The van der Waals surface area contributed by atoms with Gasteiger partial charge in [-0.05, 0) is 56.4 Å². The van der Waals surface area contributed by atoms with Crippen LogP contribution in [0.15, 0.2) is 42.5 Å². The summed E-state index contributed by atoms with van der Waals surface area (Å²) in [6.07, 6.45) is 2.22. The molecule has 0 saturated carbocycles. The number of carbonyl (C=O) groups is 1. The Balaban J connectivity index is 1.19. The molecule has 1 N–H and O–H groups in total. The molecule has 3 aliphatic heterocycles. The lowest BCUT2D eigenvalue weighted by molar-refractivity contribution is 0.0454. The molecule has 0 radical (unpaired) electrons. The van der Waals surface area contributed by atoms with Gasteiger partial charge in [-0.3, -0.25) is 14.6 Å². The molecule has 1 saturated heterocycles. The second-order valence-electron chi connectivity index (χ2n) is 10.7.